The predicted octanol–water partition coefficient (Wildman–Crippen LogP) is 0.896. The lowest BCUT2D eigenvalue weighted by atomic mass is 10.1. The number of nitrogens with zero attached hydrogens (tertiary/aromatic N) is 4. The van der Waals surface area contributed by atoms with Gasteiger partial charge in [0.2, 0.25) is 7.98 Å². The molecule has 0 aliphatic carbocycles. The van der Waals surface area contributed by atoms with Crippen molar-refractivity contribution in [3.05, 3.63) is 24.5 Å². The van der Waals surface area contributed by atoms with E-state index in [1.54, 1.807) is 12.3 Å². The van der Waals surface area contributed by atoms with Crippen molar-refractivity contribution in [2.24, 2.45) is 4.99 Å². The summed E-state index contributed by atoms with van der Waals surface area (Å²) >= 11 is 0. The minimum Gasteiger partial charge on any atom is -0.385 e. The fraction of sp³-hybridized carbons (Fsp3) is 0.125. The van der Waals surface area contributed by atoms with E-state index in [4.69, 9.17) is 7.98 Å². The summed E-state index contributed by atoms with van der Waals surface area (Å²) in [4.78, 5) is 5.63. The molecule has 0 atom stereocenters. The quantitative estimate of drug-likeness (QED) is 0.543. The van der Waals surface area contributed by atoms with Crippen molar-refractivity contribution in [3.8, 4) is 0 Å². The second-order valence-electron chi connectivity index (χ2n) is 2.74. The third-order valence-corrected chi connectivity index (χ3v) is 1.89. The fourth-order valence-corrected chi connectivity index (χ4v) is 1.16. The first kappa shape index (κ1) is 7.98. The summed E-state index contributed by atoms with van der Waals surface area (Å²) in [5, 5.41) is 7.65. The van der Waals surface area contributed by atoms with Gasteiger partial charge in [-0.1, -0.05) is 6.58 Å². The van der Waals surface area contributed by atoms with Crippen LogP contribution in [0.1, 0.15) is 12.6 Å². The number of fused-ring (bicyclic) bond motifs is 1. The highest BCUT2D eigenvalue weighted by molar-refractivity contribution is 6.22. The van der Waals surface area contributed by atoms with Gasteiger partial charge in [0.15, 0.2) is 0 Å². The number of hydrogen-bond acceptors (Lipinski definition) is 4. The molecule has 2 radical (unpaired) electrons. The minimum atomic E-state index is 0.621. The SMILES string of the molecule is [B]N1C(=C)c2nnccc2N=C1C. The Hall–Kier alpha value is -1.65. The van der Waals surface area contributed by atoms with E-state index in [0.29, 0.717) is 17.2 Å². The predicted molar refractivity (Wildman–Crippen MR) is 51.4 cm³/mol. The van der Waals surface area contributed by atoms with Crippen molar-refractivity contribution in [2.45, 2.75) is 6.92 Å². The first-order valence-corrected chi connectivity index (χ1v) is 3.81. The Balaban J connectivity index is 2.63. The van der Waals surface area contributed by atoms with Crippen molar-refractivity contribution >= 4 is 25.2 Å². The number of aliphatic imine (C=N–C) groups is 1. The molecule has 2 heterocycles. The first-order valence-electron chi connectivity index (χ1n) is 3.81. The molecule has 0 unspecified atom stereocenters. The average Bonchev–Trinajstić information content (AvgIpc) is 2.15. The van der Waals surface area contributed by atoms with Crippen molar-refractivity contribution < 1.29 is 0 Å². The summed E-state index contributed by atoms with van der Waals surface area (Å²) in [6.45, 7) is 5.62. The lowest BCUT2D eigenvalue weighted by molar-refractivity contribution is 0.869. The van der Waals surface area contributed by atoms with Crippen molar-refractivity contribution in [1.82, 2.24) is 15.0 Å². The molecule has 1 aliphatic rings. The van der Waals surface area contributed by atoms with Crippen LogP contribution in [0.2, 0.25) is 0 Å². The zero-order valence-electron chi connectivity index (χ0n) is 7.23. The number of rotatable bonds is 0. The van der Waals surface area contributed by atoms with Crippen LogP contribution in [0.25, 0.3) is 5.70 Å². The van der Waals surface area contributed by atoms with Crippen LogP contribution in [0.4, 0.5) is 5.69 Å². The summed E-state index contributed by atoms with van der Waals surface area (Å²) in [5.74, 6) is 0.700. The van der Waals surface area contributed by atoms with Gasteiger partial charge in [-0.15, -0.1) is 5.10 Å². The summed E-state index contributed by atoms with van der Waals surface area (Å²) in [7, 11) is 5.67. The second kappa shape index (κ2) is 2.69. The van der Waals surface area contributed by atoms with Gasteiger partial charge in [-0.05, 0) is 13.0 Å². The molecule has 4 nitrogen and oxygen atoms in total. The summed E-state index contributed by atoms with van der Waals surface area (Å²) in [6.07, 6.45) is 1.59. The van der Waals surface area contributed by atoms with Crippen LogP contribution in [-0.4, -0.2) is 28.8 Å². The number of aromatic nitrogens is 2. The topological polar surface area (TPSA) is 41.4 Å². The second-order valence-corrected chi connectivity index (χ2v) is 2.74. The molecule has 13 heavy (non-hydrogen) atoms. The van der Waals surface area contributed by atoms with Crippen molar-refractivity contribution in [3.63, 3.8) is 0 Å². The van der Waals surface area contributed by atoms with Gasteiger partial charge >= 0.3 is 0 Å². The molecule has 0 amide bonds. The van der Waals surface area contributed by atoms with Crippen LogP contribution in [-0.2, 0) is 0 Å². The number of amidine groups is 1. The molecule has 2 rings (SSSR count). The van der Waals surface area contributed by atoms with Gasteiger partial charge in [0.1, 0.15) is 5.69 Å². The van der Waals surface area contributed by atoms with Crippen LogP contribution in [0, 0.1) is 0 Å². The van der Waals surface area contributed by atoms with Crippen LogP contribution in [0.3, 0.4) is 0 Å². The molecule has 1 aromatic rings. The Bertz CT molecular complexity index is 399. The van der Waals surface area contributed by atoms with E-state index in [-0.39, 0.29) is 0 Å². The molecule has 0 aromatic carbocycles. The lowest BCUT2D eigenvalue weighted by Gasteiger charge is -2.26. The van der Waals surface area contributed by atoms with E-state index >= 15 is 0 Å². The molecule has 0 spiro atoms. The molecular weight excluding hydrogens is 163 g/mol. The van der Waals surface area contributed by atoms with Gasteiger partial charge in [-0.2, -0.15) is 5.10 Å². The summed E-state index contributed by atoms with van der Waals surface area (Å²) in [5.41, 5.74) is 2.02. The molecule has 0 saturated heterocycles. The minimum absolute atomic E-state index is 0.621. The normalized spacial score (nSPS) is 15.3. The smallest absolute Gasteiger partial charge is 0.236 e. The zero-order chi connectivity index (χ0) is 9.42. The van der Waals surface area contributed by atoms with E-state index in [1.165, 1.54) is 4.81 Å². The van der Waals surface area contributed by atoms with Crippen LogP contribution < -0.4 is 0 Å². The Morgan fingerprint density at radius 1 is 1.54 bits per heavy atom. The molecule has 0 saturated carbocycles. The van der Waals surface area contributed by atoms with E-state index < -0.39 is 0 Å². The maximum atomic E-state index is 5.67. The first-order chi connectivity index (χ1) is 6.20. The molecule has 0 fully saturated rings. The number of hydrogen-bond donors (Lipinski definition) is 0. The highest BCUT2D eigenvalue weighted by Gasteiger charge is 2.18. The van der Waals surface area contributed by atoms with Crippen molar-refractivity contribution in [2.75, 3.05) is 0 Å². The van der Waals surface area contributed by atoms with E-state index in [2.05, 4.69) is 21.8 Å². The standard InChI is InChI=1S/C8H7BN4/c1-5-8-7(3-4-10-12-8)11-6(2)13(5)9/h3-4H,1H2,2H3. The third-order valence-electron chi connectivity index (χ3n) is 1.89. The molecule has 1 aliphatic heterocycles. The van der Waals surface area contributed by atoms with E-state index in [1.807, 2.05) is 6.92 Å². The fourth-order valence-electron chi connectivity index (χ4n) is 1.16. The third kappa shape index (κ3) is 1.12. The van der Waals surface area contributed by atoms with Crippen LogP contribution >= 0.6 is 0 Å². The van der Waals surface area contributed by atoms with Gasteiger partial charge in [0.25, 0.3) is 0 Å². The maximum absolute atomic E-state index is 5.67. The van der Waals surface area contributed by atoms with Gasteiger partial charge in [0.05, 0.1) is 23.4 Å². The molecule has 62 valence electrons. The lowest BCUT2D eigenvalue weighted by Crippen LogP contribution is -2.26. The largest absolute Gasteiger partial charge is 0.385 e. The Morgan fingerprint density at radius 3 is 3.08 bits per heavy atom. The Kier molecular flexibility index (Phi) is 1.65. The zero-order valence-corrected chi connectivity index (χ0v) is 7.23. The van der Waals surface area contributed by atoms with E-state index in [9.17, 15) is 0 Å². The Labute approximate surface area is 77.4 Å². The molecule has 1 aromatic heterocycles. The highest BCUT2D eigenvalue weighted by atomic mass is 15.2. The van der Waals surface area contributed by atoms with Gasteiger partial charge in [-0.3, -0.25) is 0 Å². The molecule has 0 bridgehead atoms. The monoisotopic (exact) mass is 170 g/mol. The maximum Gasteiger partial charge on any atom is 0.236 e. The van der Waals surface area contributed by atoms with Gasteiger partial charge in [0, 0.05) is 0 Å². The summed E-state index contributed by atoms with van der Waals surface area (Å²) < 4.78 is 0. The van der Waals surface area contributed by atoms with Gasteiger partial charge in [-0.25, -0.2) is 4.99 Å². The molecular formula is C8H7BN4. The Morgan fingerprint density at radius 2 is 2.31 bits per heavy atom. The summed E-state index contributed by atoms with van der Waals surface area (Å²) in [6, 6.07) is 1.78. The van der Waals surface area contributed by atoms with E-state index in [0.717, 1.165) is 5.69 Å². The van der Waals surface area contributed by atoms with Gasteiger partial charge < -0.3 is 4.81 Å². The van der Waals surface area contributed by atoms with Crippen LogP contribution in [0.5, 0.6) is 0 Å². The molecule has 0 N–H and O–H groups in total. The van der Waals surface area contributed by atoms with Crippen LogP contribution in [0.15, 0.2) is 23.8 Å². The van der Waals surface area contributed by atoms with Crippen molar-refractivity contribution in [1.29, 1.82) is 0 Å². The highest BCUT2D eigenvalue weighted by Crippen LogP contribution is 2.28. The average molecular weight is 170 g/mol. The molecule has 5 heteroatoms.